The van der Waals surface area contributed by atoms with E-state index in [0.29, 0.717) is 0 Å². The Hall–Kier alpha value is -2.19. The maximum Gasteiger partial charge on any atom is 0.346 e. The summed E-state index contributed by atoms with van der Waals surface area (Å²) in [5.41, 5.74) is -0.467. The highest BCUT2D eigenvalue weighted by molar-refractivity contribution is 7.87. The van der Waals surface area contributed by atoms with Crippen LogP contribution in [0.5, 0.6) is 5.75 Å². The number of halogens is 2. The van der Waals surface area contributed by atoms with Crippen LogP contribution in [0.25, 0.3) is 0 Å². The zero-order chi connectivity index (χ0) is 16.5. The van der Waals surface area contributed by atoms with Gasteiger partial charge in [0.15, 0.2) is 10.6 Å². The van der Waals surface area contributed by atoms with Gasteiger partial charge in [-0.15, -0.1) is 0 Å². The lowest BCUT2D eigenvalue weighted by atomic mass is 10.2. The number of hydrogen-bond donors (Lipinski definition) is 0. The molecule has 0 saturated heterocycles. The van der Waals surface area contributed by atoms with Crippen LogP contribution in [0, 0.1) is 22.9 Å². The summed E-state index contributed by atoms with van der Waals surface area (Å²) in [6.45, 7) is 1.40. The fraction of sp³-hybridized carbons (Fsp3) is 0.0769. The molecule has 116 valence electrons. The Morgan fingerprint density at radius 2 is 1.95 bits per heavy atom. The summed E-state index contributed by atoms with van der Waals surface area (Å²) in [6, 6.07) is 6.67. The second-order valence-electron chi connectivity index (χ2n) is 4.29. The second kappa shape index (κ2) is 5.90. The van der Waals surface area contributed by atoms with Gasteiger partial charge in [0.2, 0.25) is 0 Å². The first-order valence-corrected chi connectivity index (χ1v) is 7.64. The molecule has 0 aliphatic carbocycles. The summed E-state index contributed by atoms with van der Waals surface area (Å²) in [5, 5.41) is 10.7. The van der Waals surface area contributed by atoms with Gasteiger partial charge in [-0.2, -0.15) is 8.42 Å². The molecule has 0 bridgehead atoms. The highest BCUT2D eigenvalue weighted by atomic mass is 35.5. The van der Waals surface area contributed by atoms with Crippen LogP contribution in [-0.4, -0.2) is 13.3 Å². The van der Waals surface area contributed by atoms with E-state index in [1.54, 1.807) is 0 Å². The van der Waals surface area contributed by atoms with E-state index in [1.807, 2.05) is 0 Å². The molecule has 0 N–H and O–H groups in total. The lowest BCUT2D eigenvalue weighted by molar-refractivity contribution is -0.388. The topological polar surface area (TPSA) is 86.5 Å². The lowest BCUT2D eigenvalue weighted by Gasteiger charge is -2.10. The average Bonchev–Trinajstić information content (AvgIpc) is 2.41. The summed E-state index contributed by atoms with van der Waals surface area (Å²) in [6.07, 6.45) is 0. The van der Waals surface area contributed by atoms with E-state index in [9.17, 15) is 22.9 Å². The number of nitrogens with zero attached hydrogens (tertiary/aromatic N) is 1. The smallest absolute Gasteiger partial charge is 0.346 e. The Kier molecular flexibility index (Phi) is 4.34. The fourth-order valence-corrected chi connectivity index (χ4v) is 3.39. The van der Waals surface area contributed by atoms with Crippen molar-refractivity contribution in [2.45, 2.75) is 11.8 Å². The third-order valence-corrected chi connectivity index (χ3v) is 4.46. The van der Waals surface area contributed by atoms with E-state index in [1.165, 1.54) is 19.1 Å². The van der Waals surface area contributed by atoms with Gasteiger partial charge in [-0.05, 0) is 30.7 Å². The Balaban J connectivity index is 2.54. The third-order valence-electron chi connectivity index (χ3n) is 2.73. The summed E-state index contributed by atoms with van der Waals surface area (Å²) in [4.78, 5) is 9.60. The minimum absolute atomic E-state index is 0.146. The van der Waals surface area contributed by atoms with Gasteiger partial charge in [0.25, 0.3) is 5.69 Å². The van der Waals surface area contributed by atoms with Gasteiger partial charge >= 0.3 is 10.1 Å². The van der Waals surface area contributed by atoms with E-state index in [2.05, 4.69) is 0 Å². The molecule has 0 saturated carbocycles. The number of benzene rings is 2. The van der Waals surface area contributed by atoms with Gasteiger partial charge in [-0.1, -0.05) is 23.7 Å². The predicted molar refractivity (Wildman–Crippen MR) is 77.1 cm³/mol. The molecule has 0 aromatic heterocycles. The van der Waals surface area contributed by atoms with E-state index in [0.717, 1.165) is 24.3 Å². The number of nitro groups is 1. The lowest BCUT2D eigenvalue weighted by Crippen LogP contribution is -2.14. The van der Waals surface area contributed by atoms with Crippen molar-refractivity contribution in [2.24, 2.45) is 0 Å². The van der Waals surface area contributed by atoms with Gasteiger partial charge in [-0.25, -0.2) is 4.39 Å². The first-order chi connectivity index (χ1) is 10.2. The molecule has 0 aliphatic rings. The Labute approximate surface area is 130 Å². The van der Waals surface area contributed by atoms with Crippen LogP contribution in [-0.2, 0) is 10.1 Å². The summed E-state index contributed by atoms with van der Waals surface area (Å²) in [7, 11) is -4.50. The molecule has 2 aromatic rings. The van der Waals surface area contributed by atoms with Crippen molar-refractivity contribution in [3.8, 4) is 5.75 Å². The van der Waals surface area contributed by atoms with Crippen LogP contribution in [0.2, 0.25) is 5.02 Å². The fourth-order valence-electron chi connectivity index (χ4n) is 1.81. The van der Waals surface area contributed by atoms with Gasteiger partial charge in [0.05, 0.1) is 9.95 Å². The maximum atomic E-state index is 13.0. The molecule has 0 fully saturated rings. The van der Waals surface area contributed by atoms with Gasteiger partial charge in [0, 0.05) is 6.07 Å². The molecule has 0 heterocycles. The van der Waals surface area contributed by atoms with Gasteiger partial charge in [-0.3, -0.25) is 10.1 Å². The Bertz CT molecular complexity index is 854. The highest BCUT2D eigenvalue weighted by Gasteiger charge is 2.30. The third kappa shape index (κ3) is 3.18. The molecule has 9 heteroatoms. The molecule has 6 nitrogen and oxygen atoms in total. The maximum absolute atomic E-state index is 13.0. The molecule has 0 radical (unpaired) electrons. The van der Waals surface area contributed by atoms with Gasteiger partial charge < -0.3 is 4.18 Å². The number of nitro benzene ring substituents is 1. The van der Waals surface area contributed by atoms with Crippen molar-refractivity contribution in [3.05, 3.63) is 62.9 Å². The van der Waals surface area contributed by atoms with Crippen molar-refractivity contribution in [1.82, 2.24) is 0 Å². The number of rotatable bonds is 4. The van der Waals surface area contributed by atoms with Crippen molar-refractivity contribution in [3.63, 3.8) is 0 Å². The molecule has 0 atom stereocenters. The van der Waals surface area contributed by atoms with Crippen molar-refractivity contribution in [2.75, 3.05) is 0 Å². The minimum atomic E-state index is -4.50. The Morgan fingerprint density at radius 3 is 2.55 bits per heavy atom. The largest absolute Gasteiger partial charge is 0.377 e. The van der Waals surface area contributed by atoms with Crippen LogP contribution in [0.15, 0.2) is 41.3 Å². The number of hydrogen-bond acceptors (Lipinski definition) is 5. The summed E-state index contributed by atoms with van der Waals surface area (Å²) in [5.74, 6) is -0.989. The molecule has 0 unspecified atom stereocenters. The normalized spacial score (nSPS) is 11.2. The molecular weight excluding hydrogens is 337 g/mol. The molecular formula is C13H9ClFNO5S. The second-order valence-corrected chi connectivity index (χ2v) is 6.18. The quantitative estimate of drug-likeness (QED) is 0.481. The average molecular weight is 346 g/mol. The first-order valence-electron chi connectivity index (χ1n) is 5.86. The monoisotopic (exact) mass is 345 g/mol. The van der Waals surface area contributed by atoms with Crippen molar-refractivity contribution >= 4 is 27.4 Å². The zero-order valence-electron chi connectivity index (χ0n) is 11.1. The minimum Gasteiger partial charge on any atom is -0.377 e. The predicted octanol–water partition coefficient (Wildman–Crippen LogP) is 3.46. The van der Waals surface area contributed by atoms with E-state index in [-0.39, 0.29) is 16.3 Å². The van der Waals surface area contributed by atoms with Gasteiger partial charge in [0.1, 0.15) is 5.82 Å². The highest BCUT2D eigenvalue weighted by Crippen LogP contribution is 2.32. The molecule has 22 heavy (non-hydrogen) atoms. The molecule has 2 aromatic carbocycles. The van der Waals surface area contributed by atoms with Crippen LogP contribution >= 0.6 is 11.6 Å². The Morgan fingerprint density at radius 1 is 1.27 bits per heavy atom. The molecule has 2 rings (SSSR count). The molecule has 0 aliphatic heterocycles. The zero-order valence-corrected chi connectivity index (χ0v) is 12.7. The van der Waals surface area contributed by atoms with Crippen molar-refractivity contribution < 1.29 is 21.9 Å². The van der Waals surface area contributed by atoms with Crippen molar-refractivity contribution in [1.29, 1.82) is 0 Å². The van der Waals surface area contributed by atoms with E-state index >= 15 is 0 Å². The van der Waals surface area contributed by atoms with E-state index < -0.39 is 31.4 Å². The first kappa shape index (κ1) is 16.2. The summed E-state index contributed by atoms with van der Waals surface area (Å²) >= 11 is 5.70. The van der Waals surface area contributed by atoms with Crippen LogP contribution in [0.3, 0.4) is 0 Å². The molecule has 0 amide bonds. The standard InChI is InChI=1S/C13H9ClFNO5S/c1-8-3-2-4-11(16(17)18)13(8)22(19,20)21-12-6-5-9(15)7-10(12)14/h2-7H,1H3. The van der Waals surface area contributed by atoms with Crippen LogP contribution in [0.4, 0.5) is 10.1 Å². The SMILES string of the molecule is Cc1cccc([N+](=O)[O-])c1S(=O)(=O)Oc1ccc(F)cc1Cl. The van der Waals surface area contributed by atoms with E-state index in [4.69, 9.17) is 15.8 Å². The van der Waals surface area contributed by atoms with Crippen LogP contribution < -0.4 is 4.18 Å². The van der Waals surface area contributed by atoms with Crippen LogP contribution in [0.1, 0.15) is 5.56 Å². The number of aryl methyl sites for hydroxylation is 1. The molecule has 0 spiro atoms. The summed E-state index contributed by atoms with van der Waals surface area (Å²) < 4.78 is 42.4.